The van der Waals surface area contributed by atoms with Gasteiger partial charge in [-0.05, 0) is 0 Å². The fourth-order valence-electron chi connectivity index (χ4n) is 0.667. The van der Waals surface area contributed by atoms with Gasteiger partial charge in [0.05, 0.1) is 0 Å². The van der Waals surface area contributed by atoms with Gasteiger partial charge in [-0.2, -0.15) is 0 Å². The van der Waals surface area contributed by atoms with Crippen LogP contribution in [-0.2, 0) is 0 Å². The normalized spacial score (nSPS) is 9.33. The summed E-state index contributed by atoms with van der Waals surface area (Å²) in [7, 11) is 1.00. The Morgan fingerprint density at radius 3 is 1.11 bits per heavy atom. The number of aliphatic hydroxyl groups excluding tert-OH is 1. The standard InChI is InChI=1S/C6H15N.CH4O/c1-5(2)7-6(3)4;1-2/h5-7H,1-4H3;2H,1H3. The maximum Gasteiger partial charge on any atom is 0.0319 e. The van der Waals surface area contributed by atoms with Gasteiger partial charge in [-0.3, -0.25) is 0 Å². The molecule has 0 aromatic rings. The van der Waals surface area contributed by atoms with E-state index in [-0.39, 0.29) is 0 Å². The van der Waals surface area contributed by atoms with Crippen molar-refractivity contribution in [2.75, 3.05) is 7.11 Å². The summed E-state index contributed by atoms with van der Waals surface area (Å²) in [6.07, 6.45) is 0. The molecular formula is C7H19NO. The third kappa shape index (κ3) is 18.1. The van der Waals surface area contributed by atoms with E-state index in [0.717, 1.165) is 7.11 Å². The van der Waals surface area contributed by atoms with Gasteiger partial charge in [-0.15, -0.1) is 0 Å². The second kappa shape index (κ2) is 7.92. The summed E-state index contributed by atoms with van der Waals surface area (Å²) in [5.41, 5.74) is 0. The molecule has 0 rings (SSSR count). The molecule has 0 amide bonds. The maximum atomic E-state index is 7.00. The van der Waals surface area contributed by atoms with Gasteiger partial charge in [0, 0.05) is 19.2 Å². The molecule has 0 spiro atoms. The van der Waals surface area contributed by atoms with Gasteiger partial charge in [-0.1, -0.05) is 27.7 Å². The monoisotopic (exact) mass is 133 g/mol. The largest absolute Gasteiger partial charge is 0.400 e. The molecule has 0 aromatic heterocycles. The maximum absolute atomic E-state index is 7.00. The van der Waals surface area contributed by atoms with Gasteiger partial charge in [-0.25, -0.2) is 0 Å². The molecule has 0 aliphatic heterocycles. The van der Waals surface area contributed by atoms with Crippen LogP contribution in [0, 0.1) is 0 Å². The molecule has 2 heteroatoms. The van der Waals surface area contributed by atoms with Crippen LogP contribution in [0.5, 0.6) is 0 Å². The third-order valence-corrected chi connectivity index (χ3v) is 0.667. The van der Waals surface area contributed by atoms with Gasteiger partial charge in [0.15, 0.2) is 0 Å². The molecule has 0 atom stereocenters. The fourth-order valence-corrected chi connectivity index (χ4v) is 0.667. The molecule has 2 N–H and O–H groups in total. The highest BCUT2D eigenvalue weighted by Crippen LogP contribution is 1.80. The quantitative estimate of drug-likeness (QED) is 0.589. The molecular weight excluding hydrogens is 114 g/mol. The lowest BCUT2D eigenvalue weighted by molar-refractivity contribution is 0.399. The topological polar surface area (TPSA) is 32.3 Å². The second-order valence-electron chi connectivity index (χ2n) is 2.48. The molecule has 0 fully saturated rings. The zero-order chi connectivity index (χ0) is 7.86. The van der Waals surface area contributed by atoms with Gasteiger partial charge in [0.25, 0.3) is 0 Å². The number of rotatable bonds is 2. The Bertz CT molecular complexity index is 38.2. The predicted molar refractivity (Wildman–Crippen MR) is 41.6 cm³/mol. The second-order valence-corrected chi connectivity index (χ2v) is 2.48. The van der Waals surface area contributed by atoms with Crippen LogP contribution in [0.1, 0.15) is 27.7 Å². The minimum Gasteiger partial charge on any atom is -0.400 e. The highest BCUT2D eigenvalue weighted by atomic mass is 16.2. The number of hydrogen-bond acceptors (Lipinski definition) is 2. The van der Waals surface area contributed by atoms with Gasteiger partial charge >= 0.3 is 0 Å². The third-order valence-electron chi connectivity index (χ3n) is 0.667. The Morgan fingerprint density at radius 1 is 0.889 bits per heavy atom. The summed E-state index contributed by atoms with van der Waals surface area (Å²) in [4.78, 5) is 0. The fraction of sp³-hybridized carbons (Fsp3) is 1.00. The summed E-state index contributed by atoms with van der Waals surface area (Å²) in [5, 5.41) is 10.3. The lowest BCUT2D eigenvalue weighted by atomic mass is 10.3. The van der Waals surface area contributed by atoms with E-state index < -0.39 is 0 Å². The van der Waals surface area contributed by atoms with E-state index in [1.54, 1.807) is 0 Å². The first-order valence-electron chi connectivity index (χ1n) is 3.33. The lowest BCUT2D eigenvalue weighted by Gasteiger charge is -2.10. The van der Waals surface area contributed by atoms with Crippen molar-refractivity contribution < 1.29 is 5.11 Å². The van der Waals surface area contributed by atoms with Crippen LogP contribution >= 0.6 is 0 Å². The molecule has 58 valence electrons. The van der Waals surface area contributed by atoms with Gasteiger partial charge in [0.1, 0.15) is 0 Å². The predicted octanol–water partition coefficient (Wildman–Crippen LogP) is 1.00. The molecule has 0 bridgehead atoms. The summed E-state index contributed by atoms with van der Waals surface area (Å²) in [5.74, 6) is 0. The van der Waals surface area contributed by atoms with Crippen LogP contribution < -0.4 is 5.32 Å². The first kappa shape index (κ1) is 11.7. The van der Waals surface area contributed by atoms with Crippen molar-refractivity contribution in [2.24, 2.45) is 0 Å². The Kier molecular flexibility index (Phi) is 10.3. The highest BCUT2D eigenvalue weighted by molar-refractivity contribution is 4.55. The molecule has 0 unspecified atom stereocenters. The van der Waals surface area contributed by atoms with Crippen LogP contribution in [0.3, 0.4) is 0 Å². The summed E-state index contributed by atoms with van der Waals surface area (Å²) in [6.45, 7) is 8.61. The molecule has 0 radical (unpaired) electrons. The molecule has 0 saturated carbocycles. The minimum atomic E-state index is 0.625. The van der Waals surface area contributed by atoms with Gasteiger partial charge < -0.3 is 10.4 Å². The minimum absolute atomic E-state index is 0.625. The Balaban J connectivity index is 0. The molecule has 0 aromatic carbocycles. The molecule has 0 saturated heterocycles. The van der Waals surface area contributed by atoms with Crippen LogP contribution in [0.2, 0.25) is 0 Å². The van der Waals surface area contributed by atoms with Crippen molar-refractivity contribution in [2.45, 2.75) is 39.8 Å². The number of hydrogen-bond donors (Lipinski definition) is 2. The molecule has 2 nitrogen and oxygen atoms in total. The van der Waals surface area contributed by atoms with Crippen LogP contribution in [0.15, 0.2) is 0 Å². The van der Waals surface area contributed by atoms with Gasteiger partial charge in [0.2, 0.25) is 0 Å². The van der Waals surface area contributed by atoms with Crippen molar-refractivity contribution in [1.29, 1.82) is 0 Å². The summed E-state index contributed by atoms with van der Waals surface area (Å²) < 4.78 is 0. The number of aliphatic hydroxyl groups is 1. The Labute approximate surface area is 58.3 Å². The number of nitrogens with one attached hydrogen (secondary N) is 1. The zero-order valence-corrected chi connectivity index (χ0v) is 7.10. The van der Waals surface area contributed by atoms with E-state index in [2.05, 4.69) is 33.0 Å². The zero-order valence-electron chi connectivity index (χ0n) is 7.10. The summed E-state index contributed by atoms with van der Waals surface area (Å²) in [6, 6.07) is 1.25. The first-order valence-corrected chi connectivity index (χ1v) is 3.33. The average molecular weight is 133 g/mol. The average Bonchev–Trinajstić information content (AvgIpc) is 1.68. The van der Waals surface area contributed by atoms with Crippen molar-refractivity contribution in [3.8, 4) is 0 Å². The van der Waals surface area contributed by atoms with Crippen molar-refractivity contribution in [1.82, 2.24) is 5.32 Å². The van der Waals surface area contributed by atoms with Crippen molar-refractivity contribution in [3.05, 3.63) is 0 Å². The smallest absolute Gasteiger partial charge is 0.0319 e. The highest BCUT2D eigenvalue weighted by Gasteiger charge is 1.92. The SMILES string of the molecule is CC(C)NC(C)C.CO. The molecule has 9 heavy (non-hydrogen) atoms. The Morgan fingerprint density at radius 2 is 1.11 bits per heavy atom. The van der Waals surface area contributed by atoms with Crippen LogP contribution in [0.25, 0.3) is 0 Å². The van der Waals surface area contributed by atoms with E-state index >= 15 is 0 Å². The first-order chi connectivity index (χ1) is 4.13. The van der Waals surface area contributed by atoms with Crippen molar-refractivity contribution >= 4 is 0 Å². The van der Waals surface area contributed by atoms with E-state index in [1.807, 2.05) is 0 Å². The molecule has 0 aliphatic rings. The molecule has 0 heterocycles. The van der Waals surface area contributed by atoms with E-state index in [0.29, 0.717) is 12.1 Å². The molecule has 0 aliphatic carbocycles. The van der Waals surface area contributed by atoms with Crippen LogP contribution in [-0.4, -0.2) is 24.3 Å². The van der Waals surface area contributed by atoms with E-state index in [9.17, 15) is 0 Å². The van der Waals surface area contributed by atoms with E-state index in [1.165, 1.54) is 0 Å². The van der Waals surface area contributed by atoms with Crippen LogP contribution in [0.4, 0.5) is 0 Å². The van der Waals surface area contributed by atoms with E-state index in [4.69, 9.17) is 5.11 Å². The van der Waals surface area contributed by atoms with Crippen molar-refractivity contribution in [3.63, 3.8) is 0 Å². The Hall–Kier alpha value is -0.0800. The lowest BCUT2D eigenvalue weighted by Crippen LogP contribution is -2.29. The summed E-state index contributed by atoms with van der Waals surface area (Å²) >= 11 is 0.